The molecule has 192 valence electrons. The summed E-state index contributed by atoms with van der Waals surface area (Å²) in [6.45, 7) is 11.8. The lowest BCUT2D eigenvalue weighted by molar-refractivity contribution is 0.128. The standard InChI is InChI=1S/C30H30O7/c1-14(2)7-6-9-30(5)10-8-16-22(37-30)13-20(32)25-26(34)18-11-17(15(3)4)23-24(29(18)36-28(16)25)19(31)12-21(33)27(23)35/h7-8,10,12-13,17,31-33,35H,3,6,9,11H2,1-2,4-5H3. The summed E-state index contributed by atoms with van der Waals surface area (Å²) in [6.07, 6.45) is 7.53. The lowest BCUT2D eigenvalue weighted by Crippen LogP contribution is -2.31. The molecule has 1 aliphatic heterocycles. The van der Waals surface area contributed by atoms with Gasteiger partial charge in [0.2, 0.25) is 0 Å². The number of aromatic hydroxyl groups is 4. The SMILES string of the molecule is C=C(C)C1Cc2c(oc3c4c(cc(O)c3c2=O)OC(C)(CCC=C(C)C)C=C4)-c2c(O)cc(O)c(O)c21. The highest BCUT2D eigenvalue weighted by Crippen LogP contribution is 2.53. The van der Waals surface area contributed by atoms with Gasteiger partial charge in [-0.25, -0.2) is 0 Å². The maximum atomic E-state index is 13.7. The van der Waals surface area contributed by atoms with Gasteiger partial charge in [0.05, 0.1) is 11.1 Å². The first-order valence-corrected chi connectivity index (χ1v) is 12.2. The fourth-order valence-electron chi connectivity index (χ4n) is 5.31. The van der Waals surface area contributed by atoms with E-state index in [1.54, 1.807) is 6.92 Å². The van der Waals surface area contributed by atoms with Crippen LogP contribution in [0.3, 0.4) is 0 Å². The molecular formula is C30H30O7. The Hall–Kier alpha value is -4.13. The molecule has 7 nitrogen and oxygen atoms in total. The van der Waals surface area contributed by atoms with Gasteiger partial charge >= 0.3 is 0 Å². The van der Waals surface area contributed by atoms with Gasteiger partial charge in [0.1, 0.15) is 34.0 Å². The lowest BCUT2D eigenvalue weighted by Gasteiger charge is -2.32. The van der Waals surface area contributed by atoms with Crippen LogP contribution in [0.5, 0.6) is 28.7 Å². The zero-order chi connectivity index (χ0) is 26.8. The normalized spacial score (nSPS) is 19.5. The van der Waals surface area contributed by atoms with E-state index in [0.717, 1.165) is 12.5 Å². The van der Waals surface area contributed by atoms with Gasteiger partial charge < -0.3 is 29.6 Å². The summed E-state index contributed by atoms with van der Waals surface area (Å²) in [5, 5.41) is 42.6. The second-order valence-electron chi connectivity index (χ2n) is 10.5. The second-order valence-corrected chi connectivity index (χ2v) is 10.5. The summed E-state index contributed by atoms with van der Waals surface area (Å²) >= 11 is 0. The fourth-order valence-corrected chi connectivity index (χ4v) is 5.31. The van der Waals surface area contributed by atoms with Gasteiger partial charge in [0.15, 0.2) is 22.5 Å². The fraction of sp³-hybridized carbons (Fsp3) is 0.300. The molecule has 7 heteroatoms. The molecule has 0 bridgehead atoms. The van der Waals surface area contributed by atoms with Crippen molar-refractivity contribution in [2.24, 2.45) is 0 Å². The van der Waals surface area contributed by atoms with Crippen LogP contribution in [-0.2, 0) is 6.42 Å². The Bertz CT molecular complexity index is 1600. The number of rotatable bonds is 4. The number of allylic oxidation sites excluding steroid dienone is 3. The summed E-state index contributed by atoms with van der Waals surface area (Å²) in [7, 11) is 0. The second kappa shape index (κ2) is 8.47. The van der Waals surface area contributed by atoms with Gasteiger partial charge in [-0.05, 0) is 59.1 Å². The number of hydrogen-bond acceptors (Lipinski definition) is 7. The maximum absolute atomic E-state index is 13.7. The van der Waals surface area contributed by atoms with E-state index in [4.69, 9.17) is 9.15 Å². The third-order valence-electron chi connectivity index (χ3n) is 7.25. The highest BCUT2D eigenvalue weighted by molar-refractivity contribution is 5.96. The van der Waals surface area contributed by atoms with Crippen molar-refractivity contribution >= 4 is 17.0 Å². The average Bonchev–Trinajstić information content (AvgIpc) is 2.80. The summed E-state index contributed by atoms with van der Waals surface area (Å²) in [4.78, 5) is 13.7. The third-order valence-corrected chi connectivity index (χ3v) is 7.25. The molecule has 4 N–H and O–H groups in total. The molecule has 1 aromatic heterocycles. The first-order chi connectivity index (χ1) is 17.4. The van der Waals surface area contributed by atoms with E-state index in [9.17, 15) is 25.2 Å². The summed E-state index contributed by atoms with van der Waals surface area (Å²) in [5.41, 5.74) is 2.02. The first kappa shape index (κ1) is 24.6. The molecule has 0 spiro atoms. The van der Waals surface area contributed by atoms with Crippen molar-refractivity contribution in [1.82, 2.24) is 0 Å². The molecule has 2 heterocycles. The Morgan fingerprint density at radius 3 is 2.54 bits per heavy atom. The predicted octanol–water partition coefficient (Wildman–Crippen LogP) is 6.41. The summed E-state index contributed by atoms with van der Waals surface area (Å²) in [5.74, 6) is -1.57. The largest absolute Gasteiger partial charge is 0.507 e. The van der Waals surface area contributed by atoms with Gasteiger partial charge in [0.25, 0.3) is 0 Å². The van der Waals surface area contributed by atoms with E-state index in [1.165, 1.54) is 11.6 Å². The van der Waals surface area contributed by atoms with Crippen LogP contribution in [0.1, 0.15) is 63.1 Å². The third kappa shape index (κ3) is 3.86. The van der Waals surface area contributed by atoms with E-state index in [0.29, 0.717) is 23.3 Å². The Kier molecular flexibility index (Phi) is 5.62. The van der Waals surface area contributed by atoms with Crippen LogP contribution >= 0.6 is 0 Å². The van der Waals surface area contributed by atoms with Crippen molar-refractivity contribution in [3.63, 3.8) is 0 Å². The monoisotopic (exact) mass is 502 g/mol. The van der Waals surface area contributed by atoms with E-state index in [-0.39, 0.29) is 51.3 Å². The van der Waals surface area contributed by atoms with Crippen LogP contribution in [-0.4, -0.2) is 26.0 Å². The number of phenolic OH excluding ortho intramolecular Hbond substituents is 4. The van der Waals surface area contributed by atoms with Gasteiger partial charge in [-0.3, -0.25) is 4.79 Å². The number of ether oxygens (including phenoxy) is 1. The van der Waals surface area contributed by atoms with Crippen LogP contribution < -0.4 is 10.2 Å². The van der Waals surface area contributed by atoms with Gasteiger partial charge in [-0.15, -0.1) is 0 Å². The zero-order valence-electron chi connectivity index (χ0n) is 21.3. The molecule has 0 saturated carbocycles. The highest BCUT2D eigenvalue weighted by Gasteiger charge is 2.37. The minimum Gasteiger partial charge on any atom is -0.507 e. The Labute approximate surface area is 214 Å². The van der Waals surface area contributed by atoms with Crippen molar-refractivity contribution < 1.29 is 29.6 Å². The molecule has 2 aliphatic rings. The quantitative estimate of drug-likeness (QED) is 0.185. The van der Waals surface area contributed by atoms with Crippen molar-refractivity contribution in [3.8, 4) is 40.1 Å². The number of fused-ring (bicyclic) bond motifs is 6. The maximum Gasteiger partial charge on any atom is 0.200 e. The lowest BCUT2D eigenvalue weighted by atomic mass is 9.77. The zero-order valence-corrected chi connectivity index (χ0v) is 21.3. The topological polar surface area (TPSA) is 120 Å². The smallest absolute Gasteiger partial charge is 0.200 e. The number of hydrogen-bond donors (Lipinski definition) is 4. The molecule has 2 unspecified atom stereocenters. The molecular weight excluding hydrogens is 472 g/mol. The molecule has 5 rings (SSSR count). The molecule has 2 atom stereocenters. The highest BCUT2D eigenvalue weighted by atomic mass is 16.5. The Morgan fingerprint density at radius 2 is 1.86 bits per heavy atom. The van der Waals surface area contributed by atoms with Crippen LogP contribution in [0.15, 0.2) is 51.2 Å². The summed E-state index contributed by atoms with van der Waals surface area (Å²) in [6, 6.07) is 2.46. The van der Waals surface area contributed by atoms with Crippen LogP contribution in [0.25, 0.3) is 28.4 Å². The molecule has 0 saturated heterocycles. The number of phenols is 4. The van der Waals surface area contributed by atoms with Crippen molar-refractivity contribution in [1.29, 1.82) is 0 Å². The van der Waals surface area contributed by atoms with Crippen molar-refractivity contribution in [2.75, 3.05) is 0 Å². The van der Waals surface area contributed by atoms with Crippen molar-refractivity contribution in [3.05, 3.63) is 68.9 Å². The molecule has 1 aliphatic carbocycles. The molecule has 0 amide bonds. The molecule has 37 heavy (non-hydrogen) atoms. The van der Waals surface area contributed by atoms with Crippen LogP contribution in [0.2, 0.25) is 0 Å². The van der Waals surface area contributed by atoms with E-state index in [2.05, 4.69) is 12.7 Å². The average molecular weight is 503 g/mol. The predicted molar refractivity (Wildman–Crippen MR) is 143 cm³/mol. The molecule has 2 aromatic carbocycles. The van der Waals surface area contributed by atoms with E-state index >= 15 is 0 Å². The van der Waals surface area contributed by atoms with Gasteiger partial charge in [-0.2, -0.15) is 0 Å². The Balaban J connectivity index is 1.75. The summed E-state index contributed by atoms with van der Waals surface area (Å²) < 4.78 is 12.6. The first-order valence-electron chi connectivity index (χ1n) is 12.2. The van der Waals surface area contributed by atoms with Crippen LogP contribution in [0, 0.1) is 0 Å². The molecule has 0 radical (unpaired) electrons. The van der Waals surface area contributed by atoms with Crippen molar-refractivity contribution in [2.45, 2.75) is 58.5 Å². The molecule has 0 fully saturated rings. The van der Waals surface area contributed by atoms with Gasteiger partial charge in [-0.1, -0.05) is 23.8 Å². The van der Waals surface area contributed by atoms with E-state index in [1.807, 2.05) is 32.9 Å². The minimum atomic E-state index is -0.615. The van der Waals surface area contributed by atoms with Crippen LogP contribution in [0.4, 0.5) is 0 Å². The minimum absolute atomic E-state index is 0.0188. The molecule has 3 aromatic rings. The number of benzene rings is 2. The van der Waals surface area contributed by atoms with E-state index < -0.39 is 28.4 Å². The van der Waals surface area contributed by atoms with Gasteiger partial charge in [0, 0.05) is 29.2 Å². The Morgan fingerprint density at radius 1 is 1.14 bits per heavy atom.